The Balaban J connectivity index is 1.76. The molecule has 3 rings (SSSR count). The predicted octanol–water partition coefficient (Wildman–Crippen LogP) is 1.06. The van der Waals surface area contributed by atoms with Gasteiger partial charge in [0.15, 0.2) is 11.5 Å². The van der Waals surface area contributed by atoms with E-state index in [9.17, 15) is 9.59 Å². The third-order valence-corrected chi connectivity index (χ3v) is 3.93. The van der Waals surface area contributed by atoms with Crippen LogP contribution in [0.3, 0.4) is 0 Å². The van der Waals surface area contributed by atoms with Crippen LogP contribution in [0.4, 0.5) is 0 Å². The van der Waals surface area contributed by atoms with E-state index in [1.807, 2.05) is 0 Å². The van der Waals surface area contributed by atoms with Gasteiger partial charge < -0.3 is 15.1 Å². The molecule has 0 aromatic carbocycles. The van der Waals surface area contributed by atoms with E-state index in [-0.39, 0.29) is 11.7 Å². The molecule has 5 nitrogen and oxygen atoms in total. The number of furan rings is 1. The summed E-state index contributed by atoms with van der Waals surface area (Å²) in [5.74, 6) is 1.41. The van der Waals surface area contributed by atoms with Crippen LogP contribution < -0.4 is 10.6 Å². The number of fused-ring (bicyclic) bond motifs is 1. The van der Waals surface area contributed by atoms with Crippen molar-refractivity contribution < 1.29 is 14.0 Å². The van der Waals surface area contributed by atoms with Crippen LogP contribution in [0.2, 0.25) is 0 Å². The minimum atomic E-state index is -0.202. The summed E-state index contributed by atoms with van der Waals surface area (Å²) < 4.78 is 5.60. The molecule has 1 fully saturated rings. The molecule has 2 N–H and O–H groups in total. The van der Waals surface area contributed by atoms with Crippen molar-refractivity contribution in [2.24, 2.45) is 5.92 Å². The normalized spacial score (nSPS) is 18.9. The number of rotatable bonds is 3. The molecule has 0 bridgehead atoms. The fourth-order valence-corrected chi connectivity index (χ4v) is 2.68. The summed E-state index contributed by atoms with van der Waals surface area (Å²) >= 11 is 0. The smallest absolute Gasteiger partial charge is 0.287 e. The lowest BCUT2D eigenvalue weighted by Gasteiger charge is -2.26. The second-order valence-corrected chi connectivity index (χ2v) is 5.37. The molecule has 5 heteroatoms. The summed E-state index contributed by atoms with van der Waals surface area (Å²) in [5.41, 5.74) is 1.34. The minimum absolute atomic E-state index is 0.102. The van der Waals surface area contributed by atoms with E-state index in [1.165, 1.54) is 0 Å². The molecule has 0 atom stereocenters. The molecule has 0 spiro atoms. The van der Waals surface area contributed by atoms with Crippen molar-refractivity contribution in [2.45, 2.75) is 26.2 Å². The molecule has 1 saturated heterocycles. The van der Waals surface area contributed by atoms with Gasteiger partial charge in [0.05, 0.1) is 5.56 Å². The SMILES string of the molecule is Cc1c(C(=O)NCC2CNC2)oc2c1C(=O)CCC2. The van der Waals surface area contributed by atoms with Crippen molar-refractivity contribution in [3.05, 3.63) is 22.6 Å². The van der Waals surface area contributed by atoms with Crippen LogP contribution in [0, 0.1) is 12.8 Å². The zero-order valence-electron chi connectivity index (χ0n) is 11.0. The van der Waals surface area contributed by atoms with Crippen molar-refractivity contribution in [1.29, 1.82) is 0 Å². The first kappa shape index (κ1) is 12.4. The first-order valence-electron chi connectivity index (χ1n) is 6.81. The van der Waals surface area contributed by atoms with Crippen LogP contribution >= 0.6 is 0 Å². The summed E-state index contributed by atoms with van der Waals surface area (Å²) in [4.78, 5) is 24.0. The lowest BCUT2D eigenvalue weighted by molar-refractivity contribution is 0.0908. The van der Waals surface area contributed by atoms with E-state index >= 15 is 0 Å². The highest BCUT2D eigenvalue weighted by atomic mass is 16.4. The number of Topliss-reactive ketones (excluding diaryl/α,β-unsaturated/α-hetero) is 1. The number of hydrogen-bond donors (Lipinski definition) is 2. The molecule has 1 aromatic heterocycles. The molecule has 2 aliphatic rings. The number of ketones is 1. The predicted molar refractivity (Wildman–Crippen MR) is 69.4 cm³/mol. The lowest BCUT2D eigenvalue weighted by Crippen LogP contribution is -2.48. The highest BCUT2D eigenvalue weighted by molar-refractivity contribution is 6.03. The molecule has 0 saturated carbocycles. The Labute approximate surface area is 111 Å². The molecular weight excluding hydrogens is 244 g/mol. The zero-order chi connectivity index (χ0) is 13.4. The summed E-state index contributed by atoms with van der Waals surface area (Å²) in [7, 11) is 0. The molecular formula is C14H18N2O3. The summed E-state index contributed by atoms with van der Waals surface area (Å²) in [5, 5.41) is 6.04. The second kappa shape index (κ2) is 4.81. The van der Waals surface area contributed by atoms with E-state index in [4.69, 9.17) is 4.42 Å². The Morgan fingerprint density at radius 2 is 2.21 bits per heavy atom. The summed E-state index contributed by atoms with van der Waals surface area (Å²) in [6.45, 7) is 4.36. The first-order valence-corrected chi connectivity index (χ1v) is 6.81. The van der Waals surface area contributed by atoms with Crippen LogP contribution in [0.5, 0.6) is 0 Å². The van der Waals surface area contributed by atoms with E-state index in [0.717, 1.165) is 25.9 Å². The second-order valence-electron chi connectivity index (χ2n) is 5.37. The topological polar surface area (TPSA) is 71.3 Å². The standard InChI is InChI=1S/C14H18N2O3/c1-8-12-10(17)3-2-4-11(12)19-13(8)14(18)16-7-9-5-15-6-9/h9,15H,2-7H2,1H3,(H,16,18). The third kappa shape index (κ3) is 2.18. The Morgan fingerprint density at radius 1 is 1.42 bits per heavy atom. The number of aryl methyl sites for hydroxylation is 1. The Bertz CT molecular complexity index is 529. The van der Waals surface area contributed by atoms with Crippen LogP contribution in [-0.4, -0.2) is 31.3 Å². The molecule has 1 amide bonds. The molecule has 19 heavy (non-hydrogen) atoms. The van der Waals surface area contributed by atoms with Gasteiger partial charge in [0.1, 0.15) is 5.76 Å². The zero-order valence-corrected chi connectivity index (χ0v) is 11.0. The van der Waals surface area contributed by atoms with Crippen molar-refractivity contribution >= 4 is 11.7 Å². The van der Waals surface area contributed by atoms with E-state index in [1.54, 1.807) is 6.92 Å². The highest BCUT2D eigenvalue weighted by Crippen LogP contribution is 2.29. The Morgan fingerprint density at radius 3 is 2.84 bits per heavy atom. The first-order chi connectivity index (χ1) is 9.16. The quantitative estimate of drug-likeness (QED) is 0.854. The van der Waals surface area contributed by atoms with Crippen LogP contribution in [0.25, 0.3) is 0 Å². The van der Waals surface area contributed by atoms with Crippen molar-refractivity contribution in [2.75, 3.05) is 19.6 Å². The van der Waals surface area contributed by atoms with E-state index in [0.29, 0.717) is 41.5 Å². The Hall–Kier alpha value is -1.62. The molecule has 1 aliphatic heterocycles. The lowest BCUT2D eigenvalue weighted by atomic mass is 9.94. The van der Waals surface area contributed by atoms with Gasteiger partial charge in [-0.05, 0) is 13.3 Å². The van der Waals surface area contributed by atoms with E-state index < -0.39 is 0 Å². The fourth-order valence-electron chi connectivity index (χ4n) is 2.68. The van der Waals surface area contributed by atoms with Crippen molar-refractivity contribution in [1.82, 2.24) is 10.6 Å². The van der Waals surface area contributed by atoms with Gasteiger partial charge in [-0.2, -0.15) is 0 Å². The largest absolute Gasteiger partial charge is 0.455 e. The van der Waals surface area contributed by atoms with Crippen molar-refractivity contribution in [3.8, 4) is 0 Å². The fraction of sp³-hybridized carbons (Fsp3) is 0.571. The van der Waals surface area contributed by atoms with Gasteiger partial charge in [-0.1, -0.05) is 0 Å². The Kier molecular flexibility index (Phi) is 3.14. The number of nitrogens with one attached hydrogen (secondary N) is 2. The van der Waals surface area contributed by atoms with Gasteiger partial charge in [0, 0.05) is 44.0 Å². The monoisotopic (exact) mass is 262 g/mol. The minimum Gasteiger partial charge on any atom is -0.455 e. The van der Waals surface area contributed by atoms with Gasteiger partial charge in [-0.15, -0.1) is 0 Å². The molecule has 2 heterocycles. The maximum atomic E-state index is 12.1. The maximum Gasteiger partial charge on any atom is 0.287 e. The van der Waals surface area contributed by atoms with Gasteiger partial charge in [0.25, 0.3) is 5.91 Å². The van der Waals surface area contributed by atoms with Crippen molar-refractivity contribution in [3.63, 3.8) is 0 Å². The molecule has 102 valence electrons. The maximum absolute atomic E-state index is 12.1. The van der Waals surface area contributed by atoms with Crippen LogP contribution in [-0.2, 0) is 6.42 Å². The van der Waals surface area contributed by atoms with Gasteiger partial charge >= 0.3 is 0 Å². The average Bonchev–Trinajstić information content (AvgIpc) is 2.66. The van der Waals surface area contributed by atoms with Crippen LogP contribution in [0.1, 0.15) is 45.1 Å². The highest BCUT2D eigenvalue weighted by Gasteiger charge is 2.29. The van der Waals surface area contributed by atoms with E-state index in [2.05, 4.69) is 10.6 Å². The molecule has 1 aromatic rings. The number of carbonyl (C=O) groups excluding carboxylic acids is 2. The average molecular weight is 262 g/mol. The van der Waals surface area contributed by atoms with Crippen LogP contribution in [0.15, 0.2) is 4.42 Å². The third-order valence-electron chi connectivity index (χ3n) is 3.93. The molecule has 0 unspecified atom stereocenters. The number of amides is 1. The molecule has 0 radical (unpaired) electrons. The van der Waals surface area contributed by atoms with Gasteiger partial charge in [-0.25, -0.2) is 0 Å². The van der Waals surface area contributed by atoms with Gasteiger partial charge in [-0.3, -0.25) is 9.59 Å². The summed E-state index contributed by atoms with van der Waals surface area (Å²) in [6, 6.07) is 0. The number of hydrogen-bond acceptors (Lipinski definition) is 4. The number of carbonyl (C=O) groups is 2. The molecule has 1 aliphatic carbocycles. The summed E-state index contributed by atoms with van der Waals surface area (Å²) in [6.07, 6.45) is 2.12. The van der Waals surface area contributed by atoms with Gasteiger partial charge in [0.2, 0.25) is 0 Å².